The van der Waals surface area contributed by atoms with Gasteiger partial charge in [-0.05, 0) is 0 Å². The van der Waals surface area contributed by atoms with Crippen molar-refractivity contribution in [2.45, 2.75) is 12.1 Å². The highest BCUT2D eigenvalue weighted by atomic mass is 32.1. The number of aliphatic hydroxyl groups is 1. The maximum Gasteiger partial charge on any atom is 0.327 e. The average Bonchev–Trinajstić information content (AvgIpc) is 2.11. The molecule has 0 aliphatic rings. The lowest BCUT2D eigenvalue weighted by Crippen LogP contribution is -2.50. The Morgan fingerprint density at radius 2 is 2.08 bits per heavy atom. The molecule has 0 fully saturated rings. The van der Waals surface area contributed by atoms with Crippen LogP contribution in [0.5, 0.6) is 0 Å². The molecule has 0 aliphatic carbocycles. The Morgan fingerprint density at radius 3 is 2.38 bits per heavy atom. The summed E-state index contributed by atoms with van der Waals surface area (Å²) in [6, 6.07) is -2.17. The molecule has 0 radical (unpaired) electrons. The van der Waals surface area contributed by atoms with Crippen molar-refractivity contribution >= 4 is 24.5 Å². The van der Waals surface area contributed by atoms with Crippen molar-refractivity contribution in [3.05, 3.63) is 0 Å². The number of nitrogens with one attached hydrogen (secondary N) is 1. The van der Waals surface area contributed by atoms with Gasteiger partial charge < -0.3 is 21.3 Å². The first kappa shape index (κ1) is 12.2. The highest BCUT2D eigenvalue weighted by Gasteiger charge is 2.21. The minimum absolute atomic E-state index is 0.0285. The number of amides is 1. The first-order valence-electron chi connectivity index (χ1n) is 3.53. The molecule has 1 amide bonds. The third-order valence-corrected chi connectivity index (χ3v) is 1.70. The Kier molecular flexibility index (Phi) is 5.44. The molecule has 5 N–H and O–H groups in total. The first-order valence-corrected chi connectivity index (χ1v) is 4.16. The van der Waals surface area contributed by atoms with Gasteiger partial charge in [0.15, 0.2) is 0 Å². The normalized spacial score (nSPS) is 14.7. The van der Waals surface area contributed by atoms with Gasteiger partial charge in [0.05, 0.1) is 6.61 Å². The smallest absolute Gasteiger partial charge is 0.327 e. The van der Waals surface area contributed by atoms with E-state index in [1.54, 1.807) is 0 Å². The third kappa shape index (κ3) is 4.11. The fourth-order valence-corrected chi connectivity index (χ4v) is 0.795. The number of hydrogen-bond donors (Lipinski definition) is 5. The van der Waals surface area contributed by atoms with Crippen molar-refractivity contribution < 1.29 is 19.8 Å². The first-order chi connectivity index (χ1) is 6.02. The minimum Gasteiger partial charge on any atom is -0.480 e. The second kappa shape index (κ2) is 5.79. The Hall–Kier alpha value is -0.790. The van der Waals surface area contributed by atoms with Crippen molar-refractivity contribution in [2.75, 3.05) is 12.4 Å². The predicted molar refractivity (Wildman–Crippen MR) is 48.5 cm³/mol. The van der Waals surface area contributed by atoms with Gasteiger partial charge in [-0.25, -0.2) is 4.79 Å². The van der Waals surface area contributed by atoms with Crippen LogP contribution in [-0.4, -0.2) is 46.5 Å². The van der Waals surface area contributed by atoms with E-state index in [1.165, 1.54) is 0 Å². The van der Waals surface area contributed by atoms with Gasteiger partial charge in [-0.1, -0.05) is 0 Å². The molecule has 0 spiro atoms. The number of carboxylic acid groups (broad SMARTS) is 1. The van der Waals surface area contributed by atoms with Crippen LogP contribution < -0.4 is 11.1 Å². The van der Waals surface area contributed by atoms with Gasteiger partial charge >= 0.3 is 5.97 Å². The van der Waals surface area contributed by atoms with Crippen LogP contribution in [0.15, 0.2) is 0 Å². The van der Waals surface area contributed by atoms with E-state index in [2.05, 4.69) is 17.9 Å². The van der Waals surface area contributed by atoms with Gasteiger partial charge in [0, 0.05) is 5.75 Å². The molecule has 0 bridgehead atoms. The van der Waals surface area contributed by atoms with Crippen molar-refractivity contribution in [3.8, 4) is 0 Å². The largest absolute Gasteiger partial charge is 0.480 e. The molecule has 0 rings (SSSR count). The maximum atomic E-state index is 11.0. The standard InChI is InChI=1S/C6H12N2O4S/c7-3(1-9)5(10)8-4(2-13)6(11)12/h3-4,9,13H,1-2,7H2,(H,8,10)(H,11,12)/t3-,4-/m0/s1. The van der Waals surface area contributed by atoms with E-state index >= 15 is 0 Å². The molecule has 0 aromatic rings. The van der Waals surface area contributed by atoms with Crippen LogP contribution in [0.2, 0.25) is 0 Å². The molecule has 13 heavy (non-hydrogen) atoms. The second-order valence-corrected chi connectivity index (χ2v) is 2.74. The maximum absolute atomic E-state index is 11.0. The molecule has 7 heteroatoms. The van der Waals surface area contributed by atoms with Gasteiger partial charge in [-0.2, -0.15) is 12.6 Å². The number of hydrogen-bond acceptors (Lipinski definition) is 5. The van der Waals surface area contributed by atoms with Crippen LogP contribution >= 0.6 is 12.6 Å². The molecule has 76 valence electrons. The summed E-state index contributed by atoms with van der Waals surface area (Å²) in [4.78, 5) is 21.4. The Morgan fingerprint density at radius 1 is 1.54 bits per heavy atom. The van der Waals surface area contributed by atoms with E-state index in [-0.39, 0.29) is 5.75 Å². The van der Waals surface area contributed by atoms with Crippen LogP contribution in [0.4, 0.5) is 0 Å². The van der Waals surface area contributed by atoms with Crippen LogP contribution in [0, 0.1) is 0 Å². The molecule has 0 heterocycles. The number of aliphatic carboxylic acids is 1. The highest BCUT2D eigenvalue weighted by Crippen LogP contribution is 1.89. The topological polar surface area (TPSA) is 113 Å². The summed E-state index contributed by atoms with van der Waals surface area (Å²) >= 11 is 3.73. The quantitative estimate of drug-likeness (QED) is 0.329. The molecular formula is C6H12N2O4S. The van der Waals surface area contributed by atoms with Crippen molar-refractivity contribution in [2.24, 2.45) is 5.73 Å². The fraction of sp³-hybridized carbons (Fsp3) is 0.667. The van der Waals surface area contributed by atoms with E-state index in [0.717, 1.165) is 0 Å². The summed E-state index contributed by atoms with van der Waals surface area (Å²) < 4.78 is 0. The molecule has 0 aromatic carbocycles. The zero-order valence-electron chi connectivity index (χ0n) is 6.80. The molecule has 0 saturated heterocycles. The monoisotopic (exact) mass is 208 g/mol. The number of nitrogens with two attached hydrogens (primary N) is 1. The van der Waals surface area contributed by atoms with Gasteiger partial charge in [-0.3, -0.25) is 4.79 Å². The fourth-order valence-electron chi connectivity index (χ4n) is 0.547. The molecule has 0 saturated carbocycles. The summed E-state index contributed by atoms with van der Waals surface area (Å²) in [6.07, 6.45) is 0. The summed E-state index contributed by atoms with van der Waals surface area (Å²) in [7, 11) is 0. The SMILES string of the molecule is N[C@@H](CO)C(=O)N[C@@H](CS)C(=O)O. The molecule has 0 aliphatic heterocycles. The molecule has 0 unspecified atom stereocenters. The number of carbonyl (C=O) groups is 2. The summed E-state index contributed by atoms with van der Waals surface area (Å²) in [5.41, 5.74) is 5.14. The lowest BCUT2D eigenvalue weighted by Gasteiger charge is -2.14. The summed E-state index contributed by atoms with van der Waals surface area (Å²) in [5, 5.41) is 19.1. The average molecular weight is 208 g/mol. The van der Waals surface area contributed by atoms with Gasteiger partial charge in [0.2, 0.25) is 5.91 Å². The lowest BCUT2D eigenvalue weighted by molar-refractivity contribution is -0.141. The van der Waals surface area contributed by atoms with Crippen LogP contribution in [0.25, 0.3) is 0 Å². The van der Waals surface area contributed by atoms with E-state index < -0.39 is 30.6 Å². The number of rotatable bonds is 5. The summed E-state index contributed by atoms with van der Waals surface area (Å²) in [5.74, 6) is -1.92. The van der Waals surface area contributed by atoms with Crippen LogP contribution in [0.1, 0.15) is 0 Å². The summed E-state index contributed by atoms with van der Waals surface area (Å²) in [6.45, 7) is -0.523. The highest BCUT2D eigenvalue weighted by molar-refractivity contribution is 7.80. The molecular weight excluding hydrogens is 196 g/mol. The van der Waals surface area contributed by atoms with Crippen molar-refractivity contribution in [1.82, 2.24) is 5.32 Å². The Labute approximate surface area is 80.5 Å². The Balaban J connectivity index is 4.09. The lowest BCUT2D eigenvalue weighted by atomic mass is 10.2. The van der Waals surface area contributed by atoms with Crippen LogP contribution in [-0.2, 0) is 9.59 Å². The second-order valence-electron chi connectivity index (χ2n) is 2.37. The minimum atomic E-state index is -1.19. The van der Waals surface area contributed by atoms with Gasteiger partial charge in [0.1, 0.15) is 12.1 Å². The van der Waals surface area contributed by atoms with Gasteiger partial charge in [-0.15, -0.1) is 0 Å². The molecule has 0 aromatic heterocycles. The van der Waals surface area contributed by atoms with E-state index in [0.29, 0.717) is 0 Å². The molecule has 6 nitrogen and oxygen atoms in total. The van der Waals surface area contributed by atoms with E-state index in [1.807, 2.05) is 0 Å². The van der Waals surface area contributed by atoms with Crippen molar-refractivity contribution in [3.63, 3.8) is 0 Å². The van der Waals surface area contributed by atoms with Crippen molar-refractivity contribution in [1.29, 1.82) is 0 Å². The number of aliphatic hydroxyl groups excluding tert-OH is 1. The third-order valence-electron chi connectivity index (χ3n) is 1.33. The molecule has 2 atom stereocenters. The Bertz CT molecular complexity index is 199. The zero-order valence-corrected chi connectivity index (χ0v) is 7.70. The zero-order chi connectivity index (χ0) is 10.4. The number of carbonyl (C=O) groups excluding carboxylic acids is 1. The number of thiol groups is 1. The predicted octanol–water partition coefficient (Wildman–Crippen LogP) is -2.19. The van der Waals surface area contributed by atoms with E-state index in [9.17, 15) is 9.59 Å². The van der Waals surface area contributed by atoms with Gasteiger partial charge in [0.25, 0.3) is 0 Å². The van der Waals surface area contributed by atoms with Crippen LogP contribution in [0.3, 0.4) is 0 Å². The van der Waals surface area contributed by atoms with E-state index in [4.69, 9.17) is 15.9 Å². The number of carboxylic acids is 1.